The van der Waals surface area contributed by atoms with E-state index in [4.69, 9.17) is 0 Å². The van der Waals surface area contributed by atoms with E-state index in [0.717, 1.165) is 16.0 Å². The molecule has 2 N–H and O–H groups in total. The van der Waals surface area contributed by atoms with Gasteiger partial charge in [0.2, 0.25) is 11.8 Å². The molecule has 1 aromatic carbocycles. The summed E-state index contributed by atoms with van der Waals surface area (Å²) in [5.74, 6) is -1.84. The summed E-state index contributed by atoms with van der Waals surface area (Å²) in [6.07, 6.45) is 0.306. The van der Waals surface area contributed by atoms with Gasteiger partial charge in [0.1, 0.15) is 6.04 Å². The van der Waals surface area contributed by atoms with Crippen molar-refractivity contribution in [3.05, 3.63) is 34.4 Å². The third-order valence-electron chi connectivity index (χ3n) is 4.43. The third-order valence-corrected chi connectivity index (χ3v) is 4.43. The SMILES string of the molecule is O=C1CCC(N2C(=O)c3ccc4c(c3C2=O)CNC4)C(=O)N1. The smallest absolute Gasteiger partial charge is 0.262 e. The van der Waals surface area contributed by atoms with Crippen molar-refractivity contribution in [3.8, 4) is 0 Å². The maximum atomic E-state index is 12.7. The fourth-order valence-electron chi connectivity index (χ4n) is 3.36. The largest absolute Gasteiger partial charge is 0.309 e. The number of benzene rings is 1. The molecule has 4 amide bonds. The van der Waals surface area contributed by atoms with Crippen LogP contribution in [-0.2, 0) is 22.7 Å². The number of imide groups is 2. The number of hydrogen-bond acceptors (Lipinski definition) is 5. The molecule has 3 heterocycles. The molecule has 1 saturated heterocycles. The van der Waals surface area contributed by atoms with E-state index in [2.05, 4.69) is 10.6 Å². The molecule has 1 fully saturated rings. The number of amides is 4. The Morgan fingerprint density at radius 2 is 1.86 bits per heavy atom. The number of hydrogen-bond donors (Lipinski definition) is 2. The molecule has 7 heteroatoms. The van der Waals surface area contributed by atoms with Gasteiger partial charge in [-0.05, 0) is 23.6 Å². The van der Waals surface area contributed by atoms with E-state index in [1.165, 1.54) is 0 Å². The Balaban J connectivity index is 1.76. The standard InChI is InChI=1S/C15H13N3O4/c19-11-4-3-10(13(20)17-11)18-14(21)8-2-1-7-5-16-6-9(7)12(8)15(18)22/h1-2,10,16H,3-6H2,(H,17,19,20). The number of carbonyl (C=O) groups is 4. The molecule has 0 aromatic heterocycles. The zero-order valence-corrected chi connectivity index (χ0v) is 11.6. The number of carbonyl (C=O) groups excluding carboxylic acids is 4. The molecule has 7 nitrogen and oxygen atoms in total. The minimum atomic E-state index is -0.907. The Bertz CT molecular complexity index is 755. The lowest BCUT2D eigenvalue weighted by Gasteiger charge is -2.27. The van der Waals surface area contributed by atoms with Crippen LogP contribution in [0.3, 0.4) is 0 Å². The first-order chi connectivity index (χ1) is 10.6. The number of fused-ring (bicyclic) bond motifs is 3. The second-order valence-corrected chi connectivity index (χ2v) is 5.68. The highest BCUT2D eigenvalue weighted by Crippen LogP contribution is 2.33. The maximum Gasteiger partial charge on any atom is 0.262 e. The molecule has 1 unspecified atom stereocenters. The topological polar surface area (TPSA) is 95.6 Å². The van der Waals surface area contributed by atoms with Crippen molar-refractivity contribution >= 4 is 23.6 Å². The van der Waals surface area contributed by atoms with Gasteiger partial charge in [-0.1, -0.05) is 6.07 Å². The highest BCUT2D eigenvalue weighted by Gasteiger charge is 2.46. The zero-order valence-electron chi connectivity index (χ0n) is 11.6. The Morgan fingerprint density at radius 1 is 1.05 bits per heavy atom. The van der Waals surface area contributed by atoms with Crippen LogP contribution < -0.4 is 10.6 Å². The van der Waals surface area contributed by atoms with E-state index in [0.29, 0.717) is 24.2 Å². The molecule has 0 aliphatic carbocycles. The molecule has 1 aromatic rings. The van der Waals surface area contributed by atoms with Crippen LogP contribution in [0.5, 0.6) is 0 Å². The lowest BCUT2D eigenvalue weighted by Crippen LogP contribution is -2.54. The van der Waals surface area contributed by atoms with Crippen molar-refractivity contribution in [2.75, 3.05) is 0 Å². The minimum absolute atomic E-state index is 0.128. The van der Waals surface area contributed by atoms with Crippen molar-refractivity contribution in [3.63, 3.8) is 0 Å². The predicted molar refractivity (Wildman–Crippen MR) is 73.7 cm³/mol. The number of nitrogens with zero attached hydrogens (tertiary/aromatic N) is 1. The molecule has 0 spiro atoms. The molecule has 22 heavy (non-hydrogen) atoms. The van der Waals surface area contributed by atoms with E-state index in [9.17, 15) is 19.2 Å². The average molecular weight is 299 g/mol. The summed E-state index contributed by atoms with van der Waals surface area (Å²) in [6.45, 7) is 1.21. The molecule has 3 aliphatic heterocycles. The van der Waals surface area contributed by atoms with Crippen molar-refractivity contribution in [2.45, 2.75) is 32.0 Å². The number of piperidine rings is 1. The van der Waals surface area contributed by atoms with E-state index < -0.39 is 23.8 Å². The van der Waals surface area contributed by atoms with Crippen LogP contribution in [0.2, 0.25) is 0 Å². The van der Waals surface area contributed by atoms with Gasteiger partial charge in [0, 0.05) is 19.5 Å². The first-order valence-corrected chi connectivity index (χ1v) is 7.15. The average Bonchev–Trinajstić information content (AvgIpc) is 3.04. The van der Waals surface area contributed by atoms with Gasteiger partial charge < -0.3 is 5.32 Å². The van der Waals surface area contributed by atoms with Crippen molar-refractivity contribution in [1.82, 2.24) is 15.5 Å². The summed E-state index contributed by atoms with van der Waals surface area (Å²) >= 11 is 0. The van der Waals surface area contributed by atoms with Crippen LogP contribution in [0.15, 0.2) is 12.1 Å². The second kappa shape index (κ2) is 4.48. The van der Waals surface area contributed by atoms with Crippen LogP contribution >= 0.6 is 0 Å². The number of rotatable bonds is 1. The maximum absolute atomic E-state index is 12.7. The highest BCUT2D eigenvalue weighted by molar-refractivity contribution is 6.24. The first-order valence-electron chi connectivity index (χ1n) is 7.15. The van der Waals surface area contributed by atoms with Gasteiger partial charge in [-0.25, -0.2) is 0 Å². The van der Waals surface area contributed by atoms with Gasteiger partial charge in [-0.15, -0.1) is 0 Å². The van der Waals surface area contributed by atoms with Crippen LogP contribution in [0.1, 0.15) is 44.7 Å². The summed E-state index contributed by atoms with van der Waals surface area (Å²) in [5.41, 5.74) is 2.59. The third kappa shape index (κ3) is 1.66. The molecular formula is C15H13N3O4. The molecule has 3 aliphatic rings. The van der Waals surface area contributed by atoms with Crippen LogP contribution in [0, 0.1) is 0 Å². The quantitative estimate of drug-likeness (QED) is 0.694. The Labute approximate surface area is 125 Å². The summed E-state index contributed by atoms with van der Waals surface area (Å²) in [6, 6.07) is 2.58. The summed E-state index contributed by atoms with van der Waals surface area (Å²) in [7, 11) is 0. The second-order valence-electron chi connectivity index (χ2n) is 5.68. The lowest BCUT2D eigenvalue weighted by atomic mass is 9.99. The molecule has 0 radical (unpaired) electrons. The van der Waals surface area contributed by atoms with Gasteiger partial charge in [-0.3, -0.25) is 29.4 Å². The monoisotopic (exact) mass is 299 g/mol. The number of nitrogens with one attached hydrogen (secondary N) is 2. The van der Waals surface area contributed by atoms with Crippen molar-refractivity contribution in [1.29, 1.82) is 0 Å². The van der Waals surface area contributed by atoms with Crippen LogP contribution in [-0.4, -0.2) is 34.6 Å². The van der Waals surface area contributed by atoms with Gasteiger partial charge in [-0.2, -0.15) is 0 Å². The van der Waals surface area contributed by atoms with E-state index >= 15 is 0 Å². The van der Waals surface area contributed by atoms with E-state index in [-0.39, 0.29) is 18.7 Å². The molecular weight excluding hydrogens is 286 g/mol. The molecule has 112 valence electrons. The van der Waals surface area contributed by atoms with Crippen LogP contribution in [0.25, 0.3) is 0 Å². The molecule has 0 saturated carbocycles. The summed E-state index contributed by atoms with van der Waals surface area (Å²) < 4.78 is 0. The van der Waals surface area contributed by atoms with Crippen LogP contribution in [0.4, 0.5) is 0 Å². The lowest BCUT2D eigenvalue weighted by molar-refractivity contribution is -0.136. The fourth-order valence-corrected chi connectivity index (χ4v) is 3.36. The molecule has 4 rings (SSSR count). The van der Waals surface area contributed by atoms with Gasteiger partial charge in [0.05, 0.1) is 11.1 Å². The molecule has 0 bridgehead atoms. The normalized spacial score (nSPS) is 23.6. The van der Waals surface area contributed by atoms with Gasteiger partial charge in [0.25, 0.3) is 11.8 Å². The molecule has 1 atom stereocenters. The van der Waals surface area contributed by atoms with Crippen molar-refractivity contribution in [2.24, 2.45) is 0 Å². The van der Waals surface area contributed by atoms with Crippen molar-refractivity contribution < 1.29 is 19.2 Å². The minimum Gasteiger partial charge on any atom is -0.309 e. The fraction of sp³-hybridized carbons (Fsp3) is 0.333. The summed E-state index contributed by atoms with van der Waals surface area (Å²) in [5, 5.41) is 5.35. The summed E-state index contributed by atoms with van der Waals surface area (Å²) in [4.78, 5) is 49.5. The highest BCUT2D eigenvalue weighted by atomic mass is 16.2. The Kier molecular flexibility index (Phi) is 2.67. The first kappa shape index (κ1) is 13.1. The predicted octanol–water partition coefficient (Wildman–Crippen LogP) is -0.309. The van der Waals surface area contributed by atoms with Gasteiger partial charge >= 0.3 is 0 Å². The Morgan fingerprint density at radius 3 is 2.64 bits per heavy atom. The zero-order chi connectivity index (χ0) is 15.4. The van der Waals surface area contributed by atoms with E-state index in [1.54, 1.807) is 6.07 Å². The van der Waals surface area contributed by atoms with E-state index in [1.807, 2.05) is 6.07 Å². The van der Waals surface area contributed by atoms with Gasteiger partial charge in [0.15, 0.2) is 0 Å². The Hall–Kier alpha value is -2.54.